The third-order valence-electron chi connectivity index (χ3n) is 5.52. The second-order valence-corrected chi connectivity index (χ2v) is 6.42. The van der Waals surface area contributed by atoms with Gasteiger partial charge in [0.25, 0.3) is 0 Å². The second-order valence-electron chi connectivity index (χ2n) is 6.42. The van der Waals surface area contributed by atoms with E-state index in [0.29, 0.717) is 5.57 Å². The first-order chi connectivity index (χ1) is 8.95. The van der Waals surface area contributed by atoms with Crippen LogP contribution in [0.3, 0.4) is 0 Å². The van der Waals surface area contributed by atoms with Crippen LogP contribution in [-0.4, -0.2) is 35.0 Å². The van der Waals surface area contributed by atoms with E-state index in [-0.39, 0.29) is 30.0 Å². The van der Waals surface area contributed by atoms with E-state index >= 15 is 0 Å². The summed E-state index contributed by atoms with van der Waals surface area (Å²) in [6, 6.07) is 0. The molecule has 19 heavy (non-hydrogen) atoms. The van der Waals surface area contributed by atoms with Crippen molar-refractivity contribution in [2.75, 3.05) is 0 Å². The number of fused-ring (bicyclic) bond motifs is 1. The maximum Gasteiger partial charge on any atom is 0.334 e. The van der Waals surface area contributed by atoms with Gasteiger partial charge in [-0.2, -0.15) is 0 Å². The van der Waals surface area contributed by atoms with Crippen LogP contribution >= 0.6 is 0 Å². The van der Waals surface area contributed by atoms with Gasteiger partial charge in [-0.25, -0.2) is 4.79 Å². The molecule has 0 aromatic heterocycles. The predicted octanol–water partition coefficient (Wildman–Crippen LogP) is 1.34. The summed E-state index contributed by atoms with van der Waals surface area (Å²) in [5.74, 6) is -0.226. The first-order valence-corrected chi connectivity index (χ1v) is 6.90. The topological polar surface area (TPSA) is 55.8 Å². The smallest absolute Gasteiger partial charge is 0.334 e. The molecule has 3 heterocycles. The summed E-state index contributed by atoms with van der Waals surface area (Å²) < 4.78 is 11.4. The van der Waals surface area contributed by atoms with Gasteiger partial charge in [0.05, 0.1) is 5.92 Å². The molecule has 0 aromatic carbocycles. The predicted molar refractivity (Wildman–Crippen MR) is 67.2 cm³/mol. The van der Waals surface area contributed by atoms with Crippen molar-refractivity contribution >= 4 is 5.97 Å². The summed E-state index contributed by atoms with van der Waals surface area (Å²) in [5.41, 5.74) is 2.44. The zero-order valence-electron chi connectivity index (χ0n) is 11.2. The molecule has 0 unspecified atom stereocenters. The van der Waals surface area contributed by atoms with Crippen LogP contribution in [0.4, 0.5) is 0 Å². The number of carbonyl (C=O) groups excluding carboxylic acids is 1. The fourth-order valence-electron chi connectivity index (χ4n) is 4.41. The lowest BCUT2D eigenvalue weighted by atomic mass is 9.79. The zero-order chi connectivity index (χ0) is 13.5. The minimum Gasteiger partial charge on any atom is -0.458 e. The van der Waals surface area contributed by atoms with Gasteiger partial charge in [0.15, 0.2) is 0 Å². The average molecular weight is 262 g/mol. The summed E-state index contributed by atoms with van der Waals surface area (Å²) in [6.07, 6.45) is 0.945. The highest BCUT2D eigenvalue weighted by Gasteiger charge is 2.71. The Morgan fingerprint density at radius 3 is 2.89 bits per heavy atom. The van der Waals surface area contributed by atoms with Gasteiger partial charge in [-0.3, -0.25) is 0 Å². The molecule has 0 radical (unpaired) electrons. The quantitative estimate of drug-likeness (QED) is 0.407. The van der Waals surface area contributed by atoms with Crippen molar-refractivity contribution in [1.29, 1.82) is 0 Å². The van der Waals surface area contributed by atoms with Gasteiger partial charge < -0.3 is 14.6 Å². The molecule has 102 valence electrons. The van der Waals surface area contributed by atoms with Crippen LogP contribution < -0.4 is 0 Å². The van der Waals surface area contributed by atoms with Crippen molar-refractivity contribution in [1.82, 2.24) is 0 Å². The molecule has 1 N–H and O–H groups in total. The number of hydrogen-bond acceptors (Lipinski definition) is 4. The Morgan fingerprint density at radius 1 is 1.47 bits per heavy atom. The van der Waals surface area contributed by atoms with Crippen molar-refractivity contribution in [2.45, 2.75) is 50.6 Å². The SMILES string of the molecule is C=C1C(=O)O[C@@H]2[C@H]1CCC(C)=C1[C@@H]3O[C@@](C)([C@H]3O)[C@@H]12. The number of rotatable bonds is 0. The Hall–Kier alpha value is -1.13. The van der Waals surface area contributed by atoms with Crippen LogP contribution in [0.15, 0.2) is 23.3 Å². The highest BCUT2D eigenvalue weighted by Crippen LogP contribution is 2.61. The molecule has 0 aromatic rings. The first kappa shape index (κ1) is 11.7. The number of hydrogen-bond donors (Lipinski definition) is 1. The van der Waals surface area contributed by atoms with E-state index in [1.54, 1.807) is 0 Å². The van der Waals surface area contributed by atoms with Gasteiger partial charge in [-0.1, -0.05) is 12.2 Å². The molecular weight excluding hydrogens is 244 g/mol. The van der Waals surface area contributed by atoms with Crippen LogP contribution in [0, 0.1) is 11.8 Å². The fourth-order valence-corrected chi connectivity index (χ4v) is 4.41. The maximum absolute atomic E-state index is 11.8. The molecule has 5 rings (SSSR count). The first-order valence-electron chi connectivity index (χ1n) is 6.90. The molecule has 2 aliphatic carbocycles. The monoisotopic (exact) mass is 262 g/mol. The van der Waals surface area contributed by atoms with Crippen LogP contribution in [-0.2, 0) is 14.3 Å². The Kier molecular flexibility index (Phi) is 2.03. The highest BCUT2D eigenvalue weighted by molar-refractivity contribution is 5.91. The molecule has 3 saturated heterocycles. The van der Waals surface area contributed by atoms with E-state index in [1.165, 1.54) is 11.1 Å². The molecule has 4 fully saturated rings. The lowest BCUT2D eigenvalue weighted by Gasteiger charge is -2.44. The standard InChI is InChI=1S/C15H18O4/c1-6-4-5-8-7(2)14(17)18-11(8)10-9(6)12-13(16)15(10,3)19-12/h8,10-13,16H,2,4-5H2,1,3H3/t8-,10-,11+,12-,13-,15+/m0/s1. The molecule has 1 saturated carbocycles. The van der Waals surface area contributed by atoms with Crippen molar-refractivity contribution in [3.63, 3.8) is 0 Å². The number of carbonyl (C=O) groups is 1. The van der Waals surface area contributed by atoms with Crippen LogP contribution in [0.1, 0.15) is 26.7 Å². The third kappa shape index (κ3) is 1.15. The third-order valence-corrected chi connectivity index (χ3v) is 5.52. The fraction of sp³-hybridized carbons (Fsp3) is 0.667. The molecule has 0 amide bonds. The maximum atomic E-state index is 11.8. The lowest BCUT2D eigenvalue weighted by molar-refractivity contribution is -0.250. The highest BCUT2D eigenvalue weighted by atomic mass is 16.6. The van der Waals surface area contributed by atoms with Crippen molar-refractivity contribution in [3.8, 4) is 0 Å². The lowest BCUT2D eigenvalue weighted by Crippen LogP contribution is -2.59. The van der Waals surface area contributed by atoms with Crippen LogP contribution in [0.2, 0.25) is 0 Å². The normalized spacial score (nSPS) is 51.4. The number of allylic oxidation sites excluding steroid dienone is 1. The molecule has 6 atom stereocenters. The van der Waals surface area contributed by atoms with E-state index < -0.39 is 11.7 Å². The van der Waals surface area contributed by atoms with E-state index in [0.717, 1.165) is 12.8 Å². The Bertz CT molecular complexity index is 534. The summed E-state index contributed by atoms with van der Waals surface area (Å²) in [6.45, 7) is 7.92. The van der Waals surface area contributed by atoms with Gasteiger partial charge in [0.1, 0.15) is 23.9 Å². The van der Waals surface area contributed by atoms with Crippen molar-refractivity contribution in [2.24, 2.45) is 11.8 Å². The summed E-state index contributed by atoms with van der Waals surface area (Å²) in [4.78, 5) is 11.8. The molecule has 4 heteroatoms. The van der Waals surface area contributed by atoms with E-state index in [4.69, 9.17) is 9.47 Å². The number of aliphatic hydroxyl groups is 1. The molecule has 4 nitrogen and oxygen atoms in total. The van der Waals surface area contributed by atoms with Gasteiger partial charge in [0, 0.05) is 11.5 Å². The largest absolute Gasteiger partial charge is 0.458 e. The Morgan fingerprint density at radius 2 is 2.21 bits per heavy atom. The van der Waals surface area contributed by atoms with E-state index in [9.17, 15) is 9.90 Å². The van der Waals surface area contributed by atoms with Gasteiger partial charge in [0.2, 0.25) is 0 Å². The number of esters is 1. The molecular formula is C15H18O4. The summed E-state index contributed by atoms with van der Waals surface area (Å²) in [7, 11) is 0. The molecule has 5 aliphatic rings. The Labute approximate surface area is 112 Å². The molecule has 3 aliphatic heterocycles. The Balaban J connectivity index is 1.84. The summed E-state index contributed by atoms with van der Waals surface area (Å²) >= 11 is 0. The number of aliphatic hydroxyl groups excluding tert-OH is 1. The second kappa shape index (κ2) is 3.30. The van der Waals surface area contributed by atoms with E-state index in [1.807, 2.05) is 6.92 Å². The number of ether oxygens (including phenoxy) is 2. The minimum atomic E-state index is -0.598. The van der Waals surface area contributed by atoms with Gasteiger partial charge in [-0.05, 0) is 32.3 Å². The van der Waals surface area contributed by atoms with Gasteiger partial charge in [-0.15, -0.1) is 0 Å². The zero-order valence-corrected chi connectivity index (χ0v) is 11.2. The molecule has 0 spiro atoms. The van der Waals surface area contributed by atoms with Crippen LogP contribution in [0.25, 0.3) is 0 Å². The summed E-state index contributed by atoms with van der Waals surface area (Å²) in [5, 5.41) is 10.3. The molecule has 2 bridgehead atoms. The van der Waals surface area contributed by atoms with E-state index in [2.05, 4.69) is 13.5 Å². The average Bonchev–Trinajstić information content (AvgIpc) is 2.87. The van der Waals surface area contributed by atoms with Gasteiger partial charge >= 0.3 is 5.97 Å². The van der Waals surface area contributed by atoms with Crippen molar-refractivity contribution < 1.29 is 19.4 Å². The van der Waals surface area contributed by atoms with Crippen LogP contribution in [0.5, 0.6) is 0 Å². The minimum absolute atomic E-state index is 0.0109. The van der Waals surface area contributed by atoms with Crippen molar-refractivity contribution in [3.05, 3.63) is 23.3 Å².